The minimum atomic E-state index is 0.234. The maximum atomic E-state index is 9.35. The van der Waals surface area contributed by atoms with Crippen molar-refractivity contribution in [2.45, 2.75) is 31.2 Å². The van der Waals surface area contributed by atoms with E-state index < -0.39 is 0 Å². The van der Waals surface area contributed by atoms with E-state index in [0.717, 1.165) is 45.0 Å². The lowest BCUT2D eigenvalue weighted by Gasteiger charge is -2.32. The summed E-state index contributed by atoms with van der Waals surface area (Å²) in [4.78, 5) is 2.41. The Morgan fingerprint density at radius 2 is 2.14 bits per heavy atom. The molecule has 0 spiro atoms. The van der Waals surface area contributed by atoms with Crippen molar-refractivity contribution < 1.29 is 9.84 Å². The van der Waals surface area contributed by atoms with E-state index in [1.807, 2.05) is 6.07 Å². The molecule has 1 saturated heterocycles. The molecule has 2 aliphatic heterocycles. The maximum Gasteiger partial charge on any atom is 0.122 e. The van der Waals surface area contributed by atoms with Crippen molar-refractivity contribution in [1.29, 1.82) is 0 Å². The zero-order chi connectivity index (χ0) is 14.5. The molecule has 3 rings (SSSR count). The van der Waals surface area contributed by atoms with Crippen LogP contribution in [0, 0.1) is 0 Å². The summed E-state index contributed by atoms with van der Waals surface area (Å²) in [6.07, 6.45) is 3.60. The van der Waals surface area contributed by atoms with Crippen molar-refractivity contribution in [1.82, 2.24) is 10.2 Å². The van der Waals surface area contributed by atoms with Crippen molar-refractivity contribution in [2.24, 2.45) is 0 Å². The quantitative estimate of drug-likeness (QED) is 0.835. The lowest BCUT2D eigenvalue weighted by Crippen LogP contribution is -2.41. The summed E-state index contributed by atoms with van der Waals surface area (Å²) in [6, 6.07) is 8.97. The van der Waals surface area contributed by atoms with Gasteiger partial charge in [0.05, 0.1) is 13.2 Å². The van der Waals surface area contributed by atoms with Crippen molar-refractivity contribution in [3.8, 4) is 5.75 Å². The van der Waals surface area contributed by atoms with Gasteiger partial charge in [0.1, 0.15) is 5.75 Å². The molecule has 2 N–H and O–H groups in total. The Morgan fingerprint density at radius 1 is 1.24 bits per heavy atom. The lowest BCUT2D eigenvalue weighted by molar-refractivity contribution is 0.163. The number of aliphatic hydroxyl groups excluding tert-OH is 1. The van der Waals surface area contributed by atoms with Crippen LogP contribution in [0.25, 0.3) is 0 Å². The molecular formula is C17H26N2O2. The number of nitrogens with one attached hydrogen (secondary N) is 1. The fraction of sp³-hybridized carbons (Fsp3) is 0.647. The van der Waals surface area contributed by atoms with E-state index in [9.17, 15) is 5.11 Å². The fourth-order valence-electron chi connectivity index (χ4n) is 3.54. The van der Waals surface area contributed by atoms with Crippen molar-refractivity contribution in [3.05, 3.63) is 29.8 Å². The van der Waals surface area contributed by atoms with E-state index in [2.05, 4.69) is 28.4 Å². The van der Waals surface area contributed by atoms with Crippen LogP contribution in [0.15, 0.2) is 24.3 Å². The maximum absolute atomic E-state index is 9.35. The van der Waals surface area contributed by atoms with E-state index in [-0.39, 0.29) is 6.61 Å². The average Bonchev–Trinajstić information content (AvgIpc) is 3.01. The minimum absolute atomic E-state index is 0.234. The molecule has 2 unspecified atom stereocenters. The fourth-order valence-corrected chi connectivity index (χ4v) is 3.54. The van der Waals surface area contributed by atoms with Gasteiger partial charge in [-0.15, -0.1) is 0 Å². The molecule has 0 radical (unpaired) electrons. The van der Waals surface area contributed by atoms with Gasteiger partial charge in [-0.25, -0.2) is 0 Å². The molecule has 116 valence electrons. The summed E-state index contributed by atoms with van der Waals surface area (Å²) >= 11 is 0. The van der Waals surface area contributed by atoms with Gasteiger partial charge in [0.2, 0.25) is 0 Å². The Bertz CT molecular complexity index is 446. The van der Waals surface area contributed by atoms with Crippen LogP contribution in [-0.2, 0) is 0 Å². The summed E-state index contributed by atoms with van der Waals surface area (Å²) < 4.78 is 5.75. The third kappa shape index (κ3) is 3.76. The molecule has 0 aromatic heterocycles. The molecular weight excluding hydrogens is 264 g/mol. The molecule has 1 fully saturated rings. The normalized spacial score (nSPS) is 24.9. The van der Waals surface area contributed by atoms with Crippen LogP contribution in [0.4, 0.5) is 0 Å². The average molecular weight is 290 g/mol. The molecule has 1 aromatic rings. The van der Waals surface area contributed by atoms with E-state index in [0.29, 0.717) is 12.0 Å². The molecule has 21 heavy (non-hydrogen) atoms. The van der Waals surface area contributed by atoms with Gasteiger partial charge in [-0.1, -0.05) is 18.2 Å². The Kier molecular flexibility index (Phi) is 5.12. The summed E-state index contributed by atoms with van der Waals surface area (Å²) in [7, 11) is 0. The smallest absolute Gasteiger partial charge is 0.122 e. The summed E-state index contributed by atoms with van der Waals surface area (Å²) in [5.74, 6) is 1.56. The molecule has 0 aliphatic carbocycles. The first kappa shape index (κ1) is 14.8. The lowest BCUT2D eigenvalue weighted by atomic mass is 9.92. The van der Waals surface area contributed by atoms with E-state index in [1.165, 1.54) is 18.4 Å². The Morgan fingerprint density at radius 3 is 2.95 bits per heavy atom. The second kappa shape index (κ2) is 7.25. The zero-order valence-corrected chi connectivity index (χ0v) is 12.6. The highest BCUT2D eigenvalue weighted by molar-refractivity contribution is 5.37. The topological polar surface area (TPSA) is 44.7 Å². The number of hydrogen-bond donors (Lipinski definition) is 2. The van der Waals surface area contributed by atoms with Crippen LogP contribution in [-0.4, -0.2) is 55.4 Å². The zero-order valence-electron chi connectivity index (χ0n) is 12.6. The predicted molar refractivity (Wildman–Crippen MR) is 83.8 cm³/mol. The Balaban J connectivity index is 1.65. The molecule has 1 aromatic carbocycles. The highest BCUT2D eigenvalue weighted by atomic mass is 16.5. The van der Waals surface area contributed by atoms with E-state index in [1.54, 1.807) is 0 Å². The number of nitrogens with zero attached hydrogens (tertiary/aromatic N) is 1. The number of fused-ring (bicyclic) bond motifs is 1. The van der Waals surface area contributed by atoms with Crippen molar-refractivity contribution in [3.63, 3.8) is 0 Å². The van der Waals surface area contributed by atoms with Gasteiger partial charge < -0.3 is 15.2 Å². The standard InChI is InChI=1S/C17H26N2O2/c20-10-9-19(13-15-4-3-8-18-15)12-14-7-11-21-17-6-2-1-5-16(14)17/h1-2,5-6,14-15,18,20H,3-4,7-13H2. The summed E-state index contributed by atoms with van der Waals surface area (Å²) in [5.41, 5.74) is 1.33. The minimum Gasteiger partial charge on any atom is -0.493 e. The van der Waals surface area contributed by atoms with Gasteiger partial charge in [0.25, 0.3) is 0 Å². The van der Waals surface area contributed by atoms with Crippen LogP contribution >= 0.6 is 0 Å². The van der Waals surface area contributed by atoms with Crippen LogP contribution in [0.5, 0.6) is 5.75 Å². The number of rotatable bonds is 6. The molecule has 2 atom stereocenters. The van der Waals surface area contributed by atoms with Crippen LogP contribution in [0.1, 0.15) is 30.7 Å². The van der Waals surface area contributed by atoms with E-state index in [4.69, 9.17) is 4.74 Å². The van der Waals surface area contributed by atoms with Gasteiger partial charge in [0.15, 0.2) is 0 Å². The van der Waals surface area contributed by atoms with Gasteiger partial charge in [-0.3, -0.25) is 4.90 Å². The number of para-hydroxylation sites is 1. The first-order chi connectivity index (χ1) is 10.4. The SMILES string of the molecule is OCCN(CC1CCCN1)CC1CCOc2ccccc21. The molecule has 2 aliphatic rings. The van der Waals surface area contributed by atoms with Crippen LogP contribution in [0.2, 0.25) is 0 Å². The Labute approximate surface area is 127 Å². The number of benzene rings is 1. The monoisotopic (exact) mass is 290 g/mol. The Hall–Kier alpha value is -1.10. The number of ether oxygens (including phenoxy) is 1. The predicted octanol–water partition coefficient (Wildman–Crippen LogP) is 1.60. The summed E-state index contributed by atoms with van der Waals surface area (Å²) in [6.45, 7) is 4.99. The van der Waals surface area contributed by atoms with Crippen molar-refractivity contribution >= 4 is 0 Å². The molecule has 0 amide bonds. The molecule has 2 heterocycles. The first-order valence-electron chi connectivity index (χ1n) is 8.15. The van der Waals surface area contributed by atoms with Gasteiger partial charge in [0, 0.05) is 31.6 Å². The third-order valence-electron chi connectivity index (χ3n) is 4.62. The first-order valence-corrected chi connectivity index (χ1v) is 8.15. The number of aliphatic hydroxyl groups is 1. The second-order valence-electron chi connectivity index (χ2n) is 6.15. The second-order valence-corrected chi connectivity index (χ2v) is 6.15. The number of hydrogen-bond acceptors (Lipinski definition) is 4. The molecule has 0 saturated carbocycles. The van der Waals surface area contributed by atoms with Gasteiger partial charge in [-0.05, 0) is 37.4 Å². The molecule has 4 heteroatoms. The molecule has 4 nitrogen and oxygen atoms in total. The summed E-state index contributed by atoms with van der Waals surface area (Å²) in [5, 5.41) is 12.9. The molecule has 0 bridgehead atoms. The highest BCUT2D eigenvalue weighted by Crippen LogP contribution is 2.33. The van der Waals surface area contributed by atoms with Crippen molar-refractivity contribution in [2.75, 3.05) is 39.4 Å². The third-order valence-corrected chi connectivity index (χ3v) is 4.62. The van der Waals surface area contributed by atoms with Gasteiger partial charge in [-0.2, -0.15) is 0 Å². The highest BCUT2D eigenvalue weighted by Gasteiger charge is 2.25. The van der Waals surface area contributed by atoms with Crippen LogP contribution < -0.4 is 10.1 Å². The van der Waals surface area contributed by atoms with Crippen LogP contribution in [0.3, 0.4) is 0 Å². The van der Waals surface area contributed by atoms with E-state index >= 15 is 0 Å². The largest absolute Gasteiger partial charge is 0.493 e. The van der Waals surface area contributed by atoms with Gasteiger partial charge >= 0.3 is 0 Å².